The number of hydrogen-bond donors (Lipinski definition) is 1. The van der Waals surface area contributed by atoms with E-state index in [1.807, 2.05) is 20.8 Å². The molecule has 1 aromatic rings. The van der Waals surface area contributed by atoms with Gasteiger partial charge in [-0.3, -0.25) is 4.79 Å². The fourth-order valence-electron chi connectivity index (χ4n) is 1.45. The Morgan fingerprint density at radius 3 is 2.40 bits per heavy atom. The van der Waals surface area contributed by atoms with Crippen molar-refractivity contribution in [1.29, 1.82) is 0 Å². The quantitative estimate of drug-likeness (QED) is 0.814. The van der Waals surface area contributed by atoms with Crippen molar-refractivity contribution in [2.45, 2.75) is 32.6 Å². The van der Waals surface area contributed by atoms with Crippen LogP contribution in [0, 0.1) is 5.82 Å². The average Bonchev–Trinajstić information content (AvgIpc) is 1.99. The molecule has 0 saturated heterocycles. The highest BCUT2D eigenvalue weighted by Crippen LogP contribution is 2.25. The summed E-state index contributed by atoms with van der Waals surface area (Å²) in [5.41, 5.74) is 0.843. The van der Waals surface area contributed by atoms with Gasteiger partial charge in [-0.2, -0.15) is 0 Å². The van der Waals surface area contributed by atoms with Crippen LogP contribution < -0.4 is 0 Å². The van der Waals surface area contributed by atoms with E-state index in [0.717, 1.165) is 0 Å². The van der Waals surface area contributed by atoms with E-state index in [4.69, 9.17) is 5.11 Å². The molecule has 1 rings (SSSR count). The van der Waals surface area contributed by atoms with E-state index in [2.05, 4.69) is 0 Å². The van der Waals surface area contributed by atoms with Gasteiger partial charge in [0, 0.05) is 0 Å². The molecule has 0 aliphatic carbocycles. The number of rotatable bonds is 2. The Labute approximate surface area is 88.7 Å². The van der Waals surface area contributed by atoms with E-state index in [9.17, 15) is 9.18 Å². The summed E-state index contributed by atoms with van der Waals surface area (Å²) in [5, 5.41) is 8.56. The van der Waals surface area contributed by atoms with Crippen LogP contribution in [0.15, 0.2) is 18.2 Å². The predicted octanol–water partition coefficient (Wildman–Crippen LogP) is 2.75. The van der Waals surface area contributed by atoms with E-state index in [1.165, 1.54) is 6.07 Å². The van der Waals surface area contributed by atoms with Gasteiger partial charge in [0.25, 0.3) is 0 Å². The highest BCUT2D eigenvalue weighted by molar-refractivity contribution is 5.70. The number of halogens is 1. The standard InChI is InChI=1S/C12H15FO2/c1-12(2,3)9-5-4-8(6-10(9)13)7-11(14)15/h4-6H,7H2,1-3H3,(H,14,15). The lowest BCUT2D eigenvalue weighted by molar-refractivity contribution is -0.136. The summed E-state index contributed by atoms with van der Waals surface area (Å²) in [7, 11) is 0. The second kappa shape index (κ2) is 4.01. The zero-order valence-corrected chi connectivity index (χ0v) is 9.17. The molecule has 0 aliphatic heterocycles. The van der Waals surface area contributed by atoms with E-state index in [1.54, 1.807) is 12.1 Å². The van der Waals surface area contributed by atoms with Crippen molar-refractivity contribution in [3.8, 4) is 0 Å². The molecule has 0 unspecified atom stereocenters. The minimum Gasteiger partial charge on any atom is -0.481 e. The van der Waals surface area contributed by atoms with Gasteiger partial charge in [-0.05, 0) is 22.6 Å². The summed E-state index contributed by atoms with van der Waals surface area (Å²) >= 11 is 0. The molecule has 0 atom stereocenters. The minimum atomic E-state index is -0.946. The Balaban J connectivity index is 3.04. The first-order valence-corrected chi connectivity index (χ1v) is 4.81. The molecule has 0 aromatic heterocycles. The lowest BCUT2D eigenvalue weighted by Gasteiger charge is -2.20. The van der Waals surface area contributed by atoms with E-state index in [-0.39, 0.29) is 17.7 Å². The molecular formula is C12H15FO2. The van der Waals surface area contributed by atoms with Crippen LogP contribution in [0.4, 0.5) is 4.39 Å². The molecule has 1 N–H and O–H groups in total. The summed E-state index contributed by atoms with van der Waals surface area (Å²) in [6, 6.07) is 4.63. The summed E-state index contributed by atoms with van der Waals surface area (Å²) in [6.07, 6.45) is -0.138. The first-order chi connectivity index (χ1) is 6.80. The largest absolute Gasteiger partial charge is 0.481 e. The maximum absolute atomic E-state index is 13.6. The van der Waals surface area contributed by atoms with E-state index < -0.39 is 5.97 Å². The van der Waals surface area contributed by atoms with Gasteiger partial charge in [0.2, 0.25) is 0 Å². The molecule has 1 aromatic carbocycles. The van der Waals surface area contributed by atoms with Crippen molar-refractivity contribution >= 4 is 5.97 Å². The molecule has 0 amide bonds. The van der Waals surface area contributed by atoms with Gasteiger partial charge in [-0.1, -0.05) is 32.9 Å². The zero-order chi connectivity index (χ0) is 11.6. The first kappa shape index (κ1) is 11.7. The number of aliphatic carboxylic acids is 1. The SMILES string of the molecule is CC(C)(C)c1ccc(CC(=O)O)cc1F. The molecule has 2 nitrogen and oxygen atoms in total. The maximum Gasteiger partial charge on any atom is 0.307 e. The van der Waals surface area contributed by atoms with Crippen LogP contribution in [0.3, 0.4) is 0 Å². The third-order valence-corrected chi connectivity index (χ3v) is 2.20. The van der Waals surface area contributed by atoms with Crippen molar-refractivity contribution in [2.24, 2.45) is 0 Å². The zero-order valence-electron chi connectivity index (χ0n) is 9.17. The molecular weight excluding hydrogens is 195 g/mol. The Hall–Kier alpha value is -1.38. The third kappa shape index (κ3) is 3.05. The second-order valence-corrected chi connectivity index (χ2v) is 4.63. The molecule has 0 spiro atoms. The molecule has 0 bridgehead atoms. The second-order valence-electron chi connectivity index (χ2n) is 4.63. The minimum absolute atomic E-state index is 0.138. The van der Waals surface area contributed by atoms with Crippen LogP contribution in [0.2, 0.25) is 0 Å². The lowest BCUT2D eigenvalue weighted by atomic mass is 9.86. The number of carbonyl (C=O) groups is 1. The van der Waals surface area contributed by atoms with Crippen molar-refractivity contribution in [1.82, 2.24) is 0 Å². The van der Waals surface area contributed by atoms with Crippen LogP contribution in [0.5, 0.6) is 0 Å². The maximum atomic E-state index is 13.6. The molecule has 0 aliphatic rings. The Bertz CT molecular complexity index is 378. The van der Waals surface area contributed by atoms with Gasteiger partial charge in [0.1, 0.15) is 5.82 Å². The van der Waals surface area contributed by atoms with Crippen LogP contribution in [0.25, 0.3) is 0 Å². The number of carboxylic acid groups (broad SMARTS) is 1. The molecule has 0 heterocycles. The van der Waals surface area contributed by atoms with Gasteiger partial charge < -0.3 is 5.11 Å². The van der Waals surface area contributed by atoms with Gasteiger partial charge in [0.15, 0.2) is 0 Å². The lowest BCUT2D eigenvalue weighted by Crippen LogP contribution is -2.14. The summed E-state index contributed by atoms with van der Waals surface area (Å²) in [4.78, 5) is 10.4. The molecule has 3 heteroatoms. The van der Waals surface area contributed by atoms with Crippen LogP contribution in [-0.4, -0.2) is 11.1 Å². The van der Waals surface area contributed by atoms with Crippen molar-refractivity contribution < 1.29 is 14.3 Å². The first-order valence-electron chi connectivity index (χ1n) is 4.81. The highest BCUT2D eigenvalue weighted by atomic mass is 19.1. The van der Waals surface area contributed by atoms with Crippen LogP contribution in [0.1, 0.15) is 31.9 Å². The molecule has 15 heavy (non-hydrogen) atoms. The fraction of sp³-hybridized carbons (Fsp3) is 0.417. The Kier molecular flexibility index (Phi) is 3.12. The summed E-state index contributed by atoms with van der Waals surface area (Å²) in [6.45, 7) is 5.76. The highest BCUT2D eigenvalue weighted by Gasteiger charge is 2.18. The molecule has 0 saturated carbocycles. The number of hydrogen-bond acceptors (Lipinski definition) is 1. The third-order valence-electron chi connectivity index (χ3n) is 2.20. The van der Waals surface area contributed by atoms with Crippen molar-refractivity contribution in [3.63, 3.8) is 0 Å². The van der Waals surface area contributed by atoms with Crippen molar-refractivity contribution in [3.05, 3.63) is 35.1 Å². The predicted molar refractivity (Wildman–Crippen MR) is 56.4 cm³/mol. The van der Waals surface area contributed by atoms with Crippen molar-refractivity contribution in [2.75, 3.05) is 0 Å². The fourth-order valence-corrected chi connectivity index (χ4v) is 1.45. The van der Waals surface area contributed by atoms with Gasteiger partial charge in [-0.15, -0.1) is 0 Å². The summed E-state index contributed by atoms with van der Waals surface area (Å²) < 4.78 is 13.6. The average molecular weight is 210 g/mol. The smallest absolute Gasteiger partial charge is 0.307 e. The van der Waals surface area contributed by atoms with E-state index >= 15 is 0 Å². The summed E-state index contributed by atoms with van der Waals surface area (Å²) in [5.74, 6) is -1.28. The van der Waals surface area contributed by atoms with E-state index in [0.29, 0.717) is 11.1 Å². The Morgan fingerprint density at radius 1 is 1.40 bits per heavy atom. The normalized spacial score (nSPS) is 11.5. The van der Waals surface area contributed by atoms with Gasteiger partial charge in [0.05, 0.1) is 6.42 Å². The van der Waals surface area contributed by atoms with Crippen LogP contribution >= 0.6 is 0 Å². The molecule has 0 fully saturated rings. The van der Waals surface area contributed by atoms with Gasteiger partial charge >= 0.3 is 5.97 Å². The number of benzene rings is 1. The van der Waals surface area contributed by atoms with Gasteiger partial charge in [-0.25, -0.2) is 4.39 Å². The Morgan fingerprint density at radius 2 is 2.00 bits per heavy atom. The molecule has 82 valence electrons. The monoisotopic (exact) mass is 210 g/mol. The number of carboxylic acids is 1. The van der Waals surface area contributed by atoms with Crippen LogP contribution in [-0.2, 0) is 16.6 Å². The topological polar surface area (TPSA) is 37.3 Å². The molecule has 0 radical (unpaired) electrons.